The minimum Gasteiger partial charge on any atom is -0.444 e. The van der Waals surface area contributed by atoms with Crippen molar-refractivity contribution in [1.29, 1.82) is 0 Å². The summed E-state index contributed by atoms with van der Waals surface area (Å²) in [4.78, 5) is 14.1. The Morgan fingerprint density at radius 3 is 2.53 bits per heavy atom. The smallest absolute Gasteiger partial charge is 0.410 e. The van der Waals surface area contributed by atoms with Crippen LogP contribution in [-0.2, 0) is 4.74 Å². The van der Waals surface area contributed by atoms with Crippen molar-refractivity contribution in [3.05, 3.63) is 0 Å². The van der Waals surface area contributed by atoms with E-state index in [2.05, 4.69) is 13.8 Å². The van der Waals surface area contributed by atoms with Crippen LogP contribution in [0.25, 0.3) is 0 Å². The highest BCUT2D eigenvalue weighted by molar-refractivity contribution is 5.69. The predicted octanol–water partition coefficient (Wildman–Crippen LogP) is 3.15. The van der Waals surface area contributed by atoms with Crippen LogP contribution in [0.15, 0.2) is 0 Å². The SMILES string of the molecule is CC(N)CCC1CN(C(=O)OC(C)(C)C)C(C)(C)C1. The molecule has 0 spiro atoms. The molecular formula is C15H30N2O2. The van der Waals surface area contributed by atoms with Gasteiger partial charge in [0.25, 0.3) is 0 Å². The summed E-state index contributed by atoms with van der Waals surface area (Å²) >= 11 is 0. The van der Waals surface area contributed by atoms with Gasteiger partial charge >= 0.3 is 6.09 Å². The Balaban J connectivity index is 2.61. The average molecular weight is 270 g/mol. The molecule has 0 aromatic heterocycles. The third-order valence-electron chi connectivity index (χ3n) is 3.60. The second-order valence-electron chi connectivity index (χ2n) is 7.53. The lowest BCUT2D eigenvalue weighted by atomic mass is 9.92. The largest absolute Gasteiger partial charge is 0.444 e. The topological polar surface area (TPSA) is 55.6 Å². The quantitative estimate of drug-likeness (QED) is 0.857. The van der Waals surface area contributed by atoms with Gasteiger partial charge in [-0.15, -0.1) is 0 Å². The van der Waals surface area contributed by atoms with E-state index in [9.17, 15) is 4.79 Å². The third-order valence-corrected chi connectivity index (χ3v) is 3.60. The maximum atomic E-state index is 12.2. The Morgan fingerprint density at radius 2 is 2.05 bits per heavy atom. The van der Waals surface area contributed by atoms with E-state index in [0.717, 1.165) is 25.8 Å². The number of amides is 1. The van der Waals surface area contributed by atoms with E-state index < -0.39 is 5.60 Å². The molecule has 1 fully saturated rings. The van der Waals surface area contributed by atoms with Crippen molar-refractivity contribution >= 4 is 6.09 Å². The number of ether oxygens (including phenoxy) is 1. The molecule has 1 rings (SSSR count). The average Bonchev–Trinajstić information content (AvgIpc) is 2.48. The highest BCUT2D eigenvalue weighted by Gasteiger charge is 2.42. The second-order valence-corrected chi connectivity index (χ2v) is 7.53. The van der Waals surface area contributed by atoms with Crippen LogP contribution in [0.1, 0.15) is 60.8 Å². The van der Waals surface area contributed by atoms with Gasteiger partial charge in [-0.25, -0.2) is 4.79 Å². The summed E-state index contributed by atoms with van der Waals surface area (Å²) in [6, 6.07) is 0.235. The van der Waals surface area contributed by atoms with Crippen molar-refractivity contribution < 1.29 is 9.53 Å². The first-order chi connectivity index (χ1) is 8.51. The molecule has 112 valence electrons. The van der Waals surface area contributed by atoms with E-state index in [4.69, 9.17) is 10.5 Å². The van der Waals surface area contributed by atoms with Crippen molar-refractivity contribution in [2.75, 3.05) is 6.54 Å². The molecule has 0 radical (unpaired) electrons. The number of hydrogen-bond acceptors (Lipinski definition) is 3. The summed E-state index contributed by atoms with van der Waals surface area (Å²) in [5.41, 5.74) is 5.26. The molecule has 0 bridgehead atoms. The summed E-state index contributed by atoms with van der Waals surface area (Å²) in [5.74, 6) is 0.536. The van der Waals surface area contributed by atoms with E-state index in [1.165, 1.54) is 0 Å². The van der Waals surface area contributed by atoms with Gasteiger partial charge in [-0.1, -0.05) is 0 Å². The Kier molecular flexibility index (Phi) is 4.88. The van der Waals surface area contributed by atoms with Crippen molar-refractivity contribution in [2.24, 2.45) is 11.7 Å². The van der Waals surface area contributed by atoms with Crippen LogP contribution in [0, 0.1) is 5.92 Å². The molecule has 19 heavy (non-hydrogen) atoms. The minimum absolute atomic E-state index is 0.120. The summed E-state index contributed by atoms with van der Waals surface area (Å²) in [6.07, 6.45) is 2.93. The normalized spacial score (nSPS) is 24.4. The zero-order valence-electron chi connectivity index (χ0n) is 13.3. The number of hydrogen-bond donors (Lipinski definition) is 1. The second kappa shape index (κ2) is 5.70. The predicted molar refractivity (Wildman–Crippen MR) is 78.0 cm³/mol. The lowest BCUT2D eigenvalue weighted by molar-refractivity contribution is 0.0131. The summed E-state index contributed by atoms with van der Waals surface area (Å²) in [6.45, 7) is 12.8. The molecule has 1 aliphatic heterocycles. The van der Waals surface area contributed by atoms with Crippen LogP contribution in [0.5, 0.6) is 0 Å². The molecule has 0 aliphatic carbocycles. The first-order valence-electron chi connectivity index (χ1n) is 7.27. The molecule has 2 N–H and O–H groups in total. The van der Waals surface area contributed by atoms with E-state index in [1.54, 1.807) is 0 Å². The molecule has 0 aromatic carbocycles. The molecule has 4 heteroatoms. The van der Waals surface area contributed by atoms with Crippen LogP contribution in [0.2, 0.25) is 0 Å². The van der Waals surface area contributed by atoms with Crippen molar-refractivity contribution in [3.8, 4) is 0 Å². The van der Waals surface area contributed by atoms with Gasteiger partial charge in [-0.05, 0) is 66.7 Å². The molecule has 2 unspecified atom stereocenters. The van der Waals surface area contributed by atoms with Crippen LogP contribution < -0.4 is 5.73 Å². The molecule has 0 saturated carbocycles. The Bertz CT molecular complexity index is 319. The summed E-state index contributed by atoms with van der Waals surface area (Å²) in [5, 5.41) is 0. The van der Waals surface area contributed by atoms with Gasteiger partial charge in [0, 0.05) is 18.1 Å². The molecule has 4 nitrogen and oxygen atoms in total. The lowest BCUT2D eigenvalue weighted by Crippen LogP contribution is -2.45. The number of nitrogens with two attached hydrogens (primary N) is 1. The zero-order chi connectivity index (χ0) is 14.8. The third kappa shape index (κ3) is 5.01. The molecule has 1 amide bonds. The maximum Gasteiger partial charge on any atom is 0.410 e. The van der Waals surface area contributed by atoms with Gasteiger partial charge < -0.3 is 15.4 Å². The number of carbonyl (C=O) groups excluding carboxylic acids is 1. The highest BCUT2D eigenvalue weighted by Crippen LogP contribution is 2.36. The van der Waals surface area contributed by atoms with E-state index in [0.29, 0.717) is 5.92 Å². The van der Waals surface area contributed by atoms with Gasteiger partial charge in [-0.2, -0.15) is 0 Å². The van der Waals surface area contributed by atoms with Crippen molar-refractivity contribution in [1.82, 2.24) is 4.90 Å². The Morgan fingerprint density at radius 1 is 1.47 bits per heavy atom. The number of carbonyl (C=O) groups is 1. The van der Waals surface area contributed by atoms with Crippen molar-refractivity contribution in [3.63, 3.8) is 0 Å². The lowest BCUT2D eigenvalue weighted by Gasteiger charge is -2.33. The van der Waals surface area contributed by atoms with E-state index >= 15 is 0 Å². The fourth-order valence-corrected chi connectivity index (χ4v) is 2.72. The van der Waals surface area contributed by atoms with Crippen LogP contribution in [-0.4, -0.2) is 34.7 Å². The molecule has 1 saturated heterocycles. The van der Waals surface area contributed by atoms with Gasteiger partial charge in [0.2, 0.25) is 0 Å². The van der Waals surface area contributed by atoms with Crippen molar-refractivity contribution in [2.45, 2.75) is 78.0 Å². The van der Waals surface area contributed by atoms with Gasteiger partial charge in [0.05, 0.1) is 0 Å². The molecule has 1 aliphatic rings. The number of likely N-dealkylation sites (tertiary alicyclic amines) is 1. The number of nitrogens with zero attached hydrogens (tertiary/aromatic N) is 1. The van der Waals surface area contributed by atoms with Gasteiger partial charge in [0.15, 0.2) is 0 Å². The summed E-state index contributed by atoms with van der Waals surface area (Å²) in [7, 11) is 0. The first-order valence-corrected chi connectivity index (χ1v) is 7.27. The Labute approximate surface area is 117 Å². The van der Waals surface area contributed by atoms with Crippen LogP contribution >= 0.6 is 0 Å². The van der Waals surface area contributed by atoms with Crippen LogP contribution in [0.4, 0.5) is 4.79 Å². The number of rotatable bonds is 3. The minimum atomic E-state index is -0.434. The zero-order valence-corrected chi connectivity index (χ0v) is 13.3. The standard InChI is InChI=1S/C15H30N2O2/c1-11(16)7-8-12-9-15(5,6)17(10-12)13(18)19-14(2,3)4/h11-12H,7-10,16H2,1-6H3. The molecule has 2 atom stereocenters. The molecular weight excluding hydrogens is 240 g/mol. The first kappa shape index (κ1) is 16.3. The monoisotopic (exact) mass is 270 g/mol. The summed E-state index contributed by atoms with van der Waals surface area (Å²) < 4.78 is 5.49. The fourth-order valence-electron chi connectivity index (χ4n) is 2.72. The maximum absolute atomic E-state index is 12.2. The van der Waals surface area contributed by atoms with Crippen LogP contribution in [0.3, 0.4) is 0 Å². The fraction of sp³-hybridized carbons (Fsp3) is 0.933. The van der Waals surface area contributed by atoms with E-state index in [1.807, 2.05) is 32.6 Å². The van der Waals surface area contributed by atoms with Gasteiger partial charge in [-0.3, -0.25) is 0 Å². The Hall–Kier alpha value is -0.770. The van der Waals surface area contributed by atoms with E-state index in [-0.39, 0.29) is 17.7 Å². The molecule has 1 heterocycles. The van der Waals surface area contributed by atoms with Gasteiger partial charge in [0.1, 0.15) is 5.60 Å². The highest BCUT2D eigenvalue weighted by atomic mass is 16.6. The molecule has 0 aromatic rings.